The number of hydrogen-bond acceptors (Lipinski definition) is 4. The number of nitrogens with one attached hydrogen (secondary N) is 1. The number of aliphatic hydroxyl groups excluding tert-OH is 1. The zero-order valence-electron chi connectivity index (χ0n) is 10.7. The van der Waals surface area contributed by atoms with E-state index in [0.717, 1.165) is 12.1 Å². The molecule has 0 aliphatic carbocycles. The molecule has 2 rings (SSSR count). The highest BCUT2D eigenvalue weighted by Gasteiger charge is 2.08. The Morgan fingerprint density at radius 1 is 1.00 bits per heavy atom. The van der Waals surface area contributed by atoms with Crippen LogP contribution < -0.4 is 16.8 Å². The van der Waals surface area contributed by atoms with Gasteiger partial charge in [-0.3, -0.25) is 0 Å². The van der Waals surface area contributed by atoms with Gasteiger partial charge in [0.15, 0.2) is 0 Å². The van der Waals surface area contributed by atoms with Gasteiger partial charge < -0.3 is 21.9 Å². The molecule has 2 aromatic carbocycles. The van der Waals surface area contributed by atoms with E-state index in [2.05, 4.69) is 5.32 Å². The Balaban J connectivity index is 2.04. The van der Waals surface area contributed by atoms with Crippen LogP contribution in [0.2, 0.25) is 0 Å². The fourth-order valence-corrected chi connectivity index (χ4v) is 1.96. The Labute approximate surface area is 113 Å². The van der Waals surface area contributed by atoms with Gasteiger partial charge in [0.05, 0.1) is 24.0 Å². The standard InChI is InChI=1S/C15H19N3O/c16-14-7-6-12(9-15(14)17)18-13(10-19)8-11-4-2-1-3-5-11/h1-7,9,13,18-19H,8,10,16-17H2. The van der Waals surface area contributed by atoms with Gasteiger partial charge in [0.2, 0.25) is 0 Å². The molecule has 0 saturated heterocycles. The third-order valence-corrected chi connectivity index (χ3v) is 3.00. The minimum atomic E-state index is -0.0505. The lowest BCUT2D eigenvalue weighted by Crippen LogP contribution is -2.26. The third-order valence-electron chi connectivity index (χ3n) is 3.00. The molecule has 2 aromatic rings. The Morgan fingerprint density at radius 2 is 1.74 bits per heavy atom. The van der Waals surface area contributed by atoms with Gasteiger partial charge in [-0.2, -0.15) is 0 Å². The predicted molar refractivity (Wildman–Crippen MR) is 79.9 cm³/mol. The van der Waals surface area contributed by atoms with E-state index in [1.807, 2.05) is 36.4 Å². The zero-order chi connectivity index (χ0) is 13.7. The number of anilines is 3. The second-order valence-corrected chi connectivity index (χ2v) is 4.56. The molecule has 0 spiro atoms. The van der Waals surface area contributed by atoms with Crippen molar-refractivity contribution in [3.8, 4) is 0 Å². The number of aliphatic hydroxyl groups is 1. The summed E-state index contributed by atoms with van der Waals surface area (Å²) in [4.78, 5) is 0. The van der Waals surface area contributed by atoms with E-state index in [-0.39, 0.29) is 12.6 Å². The second kappa shape index (κ2) is 6.11. The van der Waals surface area contributed by atoms with Crippen molar-refractivity contribution in [2.45, 2.75) is 12.5 Å². The van der Waals surface area contributed by atoms with E-state index in [4.69, 9.17) is 11.5 Å². The molecule has 1 atom stereocenters. The first kappa shape index (κ1) is 13.2. The molecule has 4 heteroatoms. The van der Waals surface area contributed by atoms with Gasteiger partial charge >= 0.3 is 0 Å². The van der Waals surface area contributed by atoms with E-state index in [1.54, 1.807) is 12.1 Å². The number of rotatable bonds is 5. The first-order chi connectivity index (χ1) is 9.19. The van der Waals surface area contributed by atoms with Gasteiger partial charge in [-0.25, -0.2) is 0 Å². The average molecular weight is 257 g/mol. The molecular weight excluding hydrogens is 238 g/mol. The van der Waals surface area contributed by atoms with Crippen molar-refractivity contribution < 1.29 is 5.11 Å². The van der Waals surface area contributed by atoms with Gasteiger partial charge in [0, 0.05) is 5.69 Å². The van der Waals surface area contributed by atoms with Gasteiger partial charge in [0.25, 0.3) is 0 Å². The Kier molecular flexibility index (Phi) is 4.26. The van der Waals surface area contributed by atoms with Gasteiger partial charge in [-0.1, -0.05) is 30.3 Å². The van der Waals surface area contributed by atoms with Crippen molar-refractivity contribution >= 4 is 17.1 Å². The summed E-state index contributed by atoms with van der Waals surface area (Å²) in [5, 5.41) is 12.7. The van der Waals surface area contributed by atoms with Crippen LogP contribution in [-0.2, 0) is 6.42 Å². The molecule has 6 N–H and O–H groups in total. The van der Waals surface area contributed by atoms with Crippen molar-refractivity contribution in [3.63, 3.8) is 0 Å². The normalized spacial score (nSPS) is 12.1. The Hall–Kier alpha value is -2.20. The molecule has 0 heterocycles. The maximum absolute atomic E-state index is 9.45. The largest absolute Gasteiger partial charge is 0.397 e. The minimum absolute atomic E-state index is 0.0505. The number of nitrogen functional groups attached to an aromatic ring is 2. The molecule has 0 aromatic heterocycles. The monoisotopic (exact) mass is 257 g/mol. The molecule has 0 saturated carbocycles. The number of benzene rings is 2. The predicted octanol–water partition coefficient (Wildman–Crippen LogP) is 1.87. The maximum atomic E-state index is 9.45. The smallest absolute Gasteiger partial charge is 0.0636 e. The lowest BCUT2D eigenvalue weighted by molar-refractivity contribution is 0.273. The van der Waals surface area contributed by atoms with E-state index >= 15 is 0 Å². The first-order valence-corrected chi connectivity index (χ1v) is 6.25. The molecule has 1 unspecified atom stereocenters. The molecule has 0 aliphatic heterocycles. The average Bonchev–Trinajstić information content (AvgIpc) is 2.43. The minimum Gasteiger partial charge on any atom is -0.397 e. The van der Waals surface area contributed by atoms with Crippen LogP contribution in [0.3, 0.4) is 0 Å². The first-order valence-electron chi connectivity index (χ1n) is 6.25. The molecule has 100 valence electrons. The van der Waals surface area contributed by atoms with Crippen LogP contribution in [0.25, 0.3) is 0 Å². The van der Waals surface area contributed by atoms with E-state index in [9.17, 15) is 5.11 Å². The van der Waals surface area contributed by atoms with Crippen molar-refractivity contribution in [1.82, 2.24) is 0 Å². The van der Waals surface area contributed by atoms with Crippen LogP contribution in [0.1, 0.15) is 5.56 Å². The molecule has 0 aliphatic rings. The van der Waals surface area contributed by atoms with E-state index in [1.165, 1.54) is 5.56 Å². The fraction of sp³-hybridized carbons (Fsp3) is 0.200. The van der Waals surface area contributed by atoms with Gasteiger partial charge in [0.1, 0.15) is 0 Å². The molecule has 0 fully saturated rings. The zero-order valence-corrected chi connectivity index (χ0v) is 10.7. The molecule has 19 heavy (non-hydrogen) atoms. The summed E-state index contributed by atoms with van der Waals surface area (Å²) in [6, 6.07) is 15.4. The highest BCUT2D eigenvalue weighted by molar-refractivity contribution is 5.69. The molecule has 0 radical (unpaired) electrons. The van der Waals surface area contributed by atoms with Crippen LogP contribution in [0, 0.1) is 0 Å². The SMILES string of the molecule is Nc1ccc(NC(CO)Cc2ccccc2)cc1N. The Bertz CT molecular complexity index is 528. The maximum Gasteiger partial charge on any atom is 0.0636 e. The van der Waals surface area contributed by atoms with Crippen molar-refractivity contribution in [2.24, 2.45) is 0 Å². The highest BCUT2D eigenvalue weighted by atomic mass is 16.3. The van der Waals surface area contributed by atoms with Crippen molar-refractivity contribution in [2.75, 3.05) is 23.4 Å². The van der Waals surface area contributed by atoms with Gasteiger partial charge in [-0.05, 0) is 30.2 Å². The van der Waals surface area contributed by atoms with Crippen LogP contribution in [-0.4, -0.2) is 17.8 Å². The van der Waals surface area contributed by atoms with Crippen LogP contribution in [0.4, 0.5) is 17.1 Å². The molecule has 4 nitrogen and oxygen atoms in total. The number of hydrogen-bond donors (Lipinski definition) is 4. The van der Waals surface area contributed by atoms with E-state index < -0.39 is 0 Å². The summed E-state index contributed by atoms with van der Waals surface area (Å²) >= 11 is 0. The highest BCUT2D eigenvalue weighted by Crippen LogP contribution is 2.20. The molecular formula is C15H19N3O. The lowest BCUT2D eigenvalue weighted by Gasteiger charge is -2.18. The summed E-state index contributed by atoms with van der Waals surface area (Å²) in [6.45, 7) is 0.0547. The van der Waals surface area contributed by atoms with Crippen LogP contribution in [0.5, 0.6) is 0 Å². The summed E-state index contributed by atoms with van der Waals surface area (Å²) in [7, 11) is 0. The van der Waals surface area contributed by atoms with Crippen molar-refractivity contribution in [3.05, 3.63) is 54.1 Å². The molecule has 0 amide bonds. The summed E-state index contributed by atoms with van der Waals surface area (Å²) in [5.41, 5.74) is 14.6. The quantitative estimate of drug-likeness (QED) is 0.616. The topological polar surface area (TPSA) is 84.3 Å². The molecule has 0 bridgehead atoms. The third kappa shape index (κ3) is 3.63. The fourth-order valence-electron chi connectivity index (χ4n) is 1.96. The van der Waals surface area contributed by atoms with Crippen molar-refractivity contribution in [1.29, 1.82) is 0 Å². The summed E-state index contributed by atoms with van der Waals surface area (Å²) in [6.07, 6.45) is 0.752. The van der Waals surface area contributed by atoms with Crippen LogP contribution >= 0.6 is 0 Å². The van der Waals surface area contributed by atoms with Gasteiger partial charge in [-0.15, -0.1) is 0 Å². The Morgan fingerprint density at radius 3 is 2.37 bits per heavy atom. The summed E-state index contributed by atoms with van der Waals surface area (Å²) in [5.74, 6) is 0. The second-order valence-electron chi connectivity index (χ2n) is 4.56. The lowest BCUT2D eigenvalue weighted by atomic mass is 10.1. The summed E-state index contributed by atoms with van der Waals surface area (Å²) < 4.78 is 0. The number of nitrogens with two attached hydrogens (primary N) is 2. The van der Waals surface area contributed by atoms with E-state index in [0.29, 0.717) is 11.4 Å². The van der Waals surface area contributed by atoms with Crippen LogP contribution in [0.15, 0.2) is 48.5 Å².